The van der Waals surface area contributed by atoms with E-state index in [-0.39, 0.29) is 0 Å². The Hall–Kier alpha value is -0.475. The first-order chi connectivity index (χ1) is 5.65. The Kier molecular flexibility index (Phi) is 3.17. The standard InChI is InChI=1S/C8H18BN3/c1-7(12(10)6-9)8-3-4-11(2)5-8/h8H,1,3-6,9-10H2,2H3. The fraction of sp³-hybridized carbons (Fsp3) is 0.750. The molecule has 1 atom stereocenters. The summed E-state index contributed by atoms with van der Waals surface area (Å²) in [6, 6.07) is 0. The SMILES string of the molecule is BCN(N)C(=C)C1CCN(C)C1. The van der Waals surface area contributed by atoms with E-state index in [1.807, 2.05) is 7.85 Å². The zero-order chi connectivity index (χ0) is 9.14. The summed E-state index contributed by atoms with van der Waals surface area (Å²) in [7, 11) is 4.18. The molecule has 0 radical (unpaired) electrons. The van der Waals surface area contributed by atoms with Crippen molar-refractivity contribution in [3.05, 3.63) is 12.3 Å². The number of hydrazine groups is 1. The number of hydrogen-bond donors (Lipinski definition) is 1. The fourth-order valence-electron chi connectivity index (χ4n) is 1.64. The topological polar surface area (TPSA) is 32.5 Å². The van der Waals surface area contributed by atoms with Gasteiger partial charge in [-0.25, -0.2) is 5.84 Å². The predicted octanol–water partition coefficient (Wildman–Crippen LogP) is -0.782. The van der Waals surface area contributed by atoms with Gasteiger partial charge in [-0.2, -0.15) is 0 Å². The molecule has 1 unspecified atom stereocenters. The molecule has 1 saturated heterocycles. The lowest BCUT2D eigenvalue weighted by molar-refractivity contribution is 0.343. The Morgan fingerprint density at radius 2 is 2.50 bits per heavy atom. The van der Waals surface area contributed by atoms with Gasteiger partial charge in [-0.1, -0.05) is 6.58 Å². The van der Waals surface area contributed by atoms with E-state index < -0.39 is 0 Å². The van der Waals surface area contributed by atoms with Crippen LogP contribution in [-0.2, 0) is 0 Å². The monoisotopic (exact) mass is 167 g/mol. The van der Waals surface area contributed by atoms with Crippen molar-refractivity contribution in [3.8, 4) is 0 Å². The van der Waals surface area contributed by atoms with Crippen LogP contribution in [0, 0.1) is 5.92 Å². The van der Waals surface area contributed by atoms with E-state index in [4.69, 9.17) is 5.84 Å². The van der Waals surface area contributed by atoms with Gasteiger partial charge in [0.1, 0.15) is 7.85 Å². The molecule has 68 valence electrons. The van der Waals surface area contributed by atoms with E-state index in [0.717, 1.165) is 18.7 Å². The molecule has 0 bridgehead atoms. The molecule has 0 amide bonds. The van der Waals surface area contributed by atoms with Crippen LogP contribution in [0.4, 0.5) is 0 Å². The molecule has 0 aliphatic carbocycles. The summed E-state index contributed by atoms with van der Waals surface area (Å²) in [4.78, 5) is 2.32. The van der Waals surface area contributed by atoms with Gasteiger partial charge in [-0.3, -0.25) is 0 Å². The molecular formula is C8H18BN3. The molecule has 1 fully saturated rings. The Bertz CT molecular complexity index is 172. The molecule has 3 nitrogen and oxygen atoms in total. The third-order valence-corrected chi connectivity index (χ3v) is 2.57. The van der Waals surface area contributed by atoms with Gasteiger partial charge in [0, 0.05) is 24.6 Å². The van der Waals surface area contributed by atoms with Crippen molar-refractivity contribution in [3.63, 3.8) is 0 Å². The molecule has 0 aromatic rings. The lowest BCUT2D eigenvalue weighted by Crippen LogP contribution is -2.34. The second-order valence-electron chi connectivity index (χ2n) is 3.53. The van der Waals surface area contributed by atoms with Crippen molar-refractivity contribution in [1.82, 2.24) is 9.91 Å². The van der Waals surface area contributed by atoms with Crippen molar-refractivity contribution in [1.29, 1.82) is 0 Å². The maximum atomic E-state index is 5.76. The molecule has 0 spiro atoms. The largest absolute Gasteiger partial charge is 0.324 e. The number of hydrogen-bond acceptors (Lipinski definition) is 3. The molecule has 12 heavy (non-hydrogen) atoms. The van der Waals surface area contributed by atoms with E-state index >= 15 is 0 Å². The normalized spacial score (nSPS) is 24.3. The predicted molar refractivity (Wildman–Crippen MR) is 54.2 cm³/mol. The van der Waals surface area contributed by atoms with Gasteiger partial charge < -0.3 is 9.91 Å². The summed E-state index contributed by atoms with van der Waals surface area (Å²) in [5, 5.41) is 1.75. The van der Waals surface area contributed by atoms with Crippen LogP contribution in [0.5, 0.6) is 0 Å². The van der Waals surface area contributed by atoms with Crippen molar-refractivity contribution >= 4 is 7.85 Å². The maximum Gasteiger partial charge on any atom is 0.128 e. The number of rotatable bonds is 3. The lowest BCUT2D eigenvalue weighted by atomic mass is 10.0. The van der Waals surface area contributed by atoms with E-state index in [0.29, 0.717) is 5.92 Å². The summed E-state index contributed by atoms with van der Waals surface area (Å²) >= 11 is 0. The van der Waals surface area contributed by atoms with Gasteiger partial charge >= 0.3 is 0 Å². The highest BCUT2D eigenvalue weighted by Crippen LogP contribution is 2.21. The first-order valence-electron chi connectivity index (χ1n) is 4.54. The third kappa shape index (κ3) is 2.02. The van der Waals surface area contributed by atoms with E-state index in [2.05, 4.69) is 18.5 Å². The first kappa shape index (κ1) is 9.61. The first-order valence-corrected chi connectivity index (χ1v) is 4.54. The third-order valence-electron chi connectivity index (χ3n) is 2.57. The zero-order valence-corrected chi connectivity index (χ0v) is 8.08. The van der Waals surface area contributed by atoms with Crippen molar-refractivity contribution in [2.24, 2.45) is 11.8 Å². The summed E-state index contributed by atoms with van der Waals surface area (Å²) in [5.41, 5.74) is 1.09. The van der Waals surface area contributed by atoms with Crippen LogP contribution in [0.15, 0.2) is 12.3 Å². The van der Waals surface area contributed by atoms with E-state index in [9.17, 15) is 0 Å². The van der Waals surface area contributed by atoms with Crippen LogP contribution in [0.3, 0.4) is 0 Å². The minimum Gasteiger partial charge on any atom is -0.324 e. The Morgan fingerprint density at radius 3 is 2.92 bits per heavy atom. The fourth-order valence-corrected chi connectivity index (χ4v) is 1.64. The Balaban J connectivity index is 2.43. The van der Waals surface area contributed by atoms with Crippen LogP contribution < -0.4 is 5.84 Å². The molecule has 1 aliphatic rings. The van der Waals surface area contributed by atoms with Crippen molar-refractivity contribution in [2.75, 3.05) is 26.6 Å². The summed E-state index contributed by atoms with van der Waals surface area (Å²) in [6.07, 6.45) is 2.04. The van der Waals surface area contributed by atoms with E-state index in [1.165, 1.54) is 13.0 Å². The van der Waals surface area contributed by atoms with Gasteiger partial charge in [0.25, 0.3) is 0 Å². The minimum atomic E-state index is 0.569. The van der Waals surface area contributed by atoms with Crippen LogP contribution in [0.2, 0.25) is 0 Å². The molecule has 0 aromatic carbocycles. The number of nitrogens with two attached hydrogens (primary N) is 1. The van der Waals surface area contributed by atoms with Gasteiger partial charge in [0.2, 0.25) is 0 Å². The molecule has 0 aromatic heterocycles. The van der Waals surface area contributed by atoms with Gasteiger partial charge in [-0.15, -0.1) is 0 Å². The van der Waals surface area contributed by atoms with Crippen molar-refractivity contribution < 1.29 is 0 Å². The second-order valence-corrected chi connectivity index (χ2v) is 3.53. The van der Waals surface area contributed by atoms with Crippen LogP contribution in [0.25, 0.3) is 0 Å². The molecular weight excluding hydrogens is 149 g/mol. The zero-order valence-electron chi connectivity index (χ0n) is 8.08. The molecule has 1 heterocycles. The highest BCUT2D eigenvalue weighted by molar-refractivity contribution is 6.08. The molecule has 4 heteroatoms. The minimum absolute atomic E-state index is 0.569. The second kappa shape index (κ2) is 3.96. The average Bonchev–Trinajstić information content (AvgIpc) is 2.49. The van der Waals surface area contributed by atoms with Gasteiger partial charge in [-0.05, 0) is 20.0 Å². The quantitative estimate of drug-likeness (QED) is 0.340. The molecule has 2 N–H and O–H groups in total. The van der Waals surface area contributed by atoms with Crippen LogP contribution >= 0.6 is 0 Å². The van der Waals surface area contributed by atoms with Gasteiger partial charge in [0.05, 0.1) is 0 Å². The smallest absolute Gasteiger partial charge is 0.128 e. The van der Waals surface area contributed by atoms with E-state index in [1.54, 1.807) is 5.01 Å². The Labute approximate surface area is 75.6 Å². The summed E-state index contributed by atoms with van der Waals surface area (Å²) in [6.45, 7) is 6.29. The van der Waals surface area contributed by atoms with Crippen molar-refractivity contribution in [2.45, 2.75) is 6.42 Å². The van der Waals surface area contributed by atoms with Crippen LogP contribution in [-0.4, -0.2) is 44.3 Å². The number of likely N-dealkylation sites (tertiary alicyclic amines) is 1. The van der Waals surface area contributed by atoms with Gasteiger partial charge in [0.15, 0.2) is 0 Å². The number of nitrogens with zero attached hydrogens (tertiary/aromatic N) is 2. The highest BCUT2D eigenvalue weighted by atomic mass is 15.4. The highest BCUT2D eigenvalue weighted by Gasteiger charge is 2.23. The maximum absolute atomic E-state index is 5.76. The summed E-state index contributed by atoms with van der Waals surface area (Å²) in [5.74, 6) is 6.33. The Morgan fingerprint density at radius 1 is 1.83 bits per heavy atom. The molecule has 0 saturated carbocycles. The molecule has 1 rings (SSSR count). The summed E-state index contributed by atoms with van der Waals surface area (Å²) < 4.78 is 0. The molecule has 1 aliphatic heterocycles. The van der Waals surface area contributed by atoms with Crippen LogP contribution in [0.1, 0.15) is 6.42 Å². The average molecular weight is 167 g/mol. The lowest BCUT2D eigenvalue weighted by Gasteiger charge is -2.23.